The van der Waals surface area contributed by atoms with Gasteiger partial charge in [0.1, 0.15) is 11.5 Å². The molecular formula is C15H11N6O4-. The van der Waals surface area contributed by atoms with Crippen LogP contribution in [0.2, 0.25) is 0 Å². The van der Waals surface area contributed by atoms with Gasteiger partial charge in [0.05, 0.1) is 12.2 Å². The fourth-order valence-electron chi connectivity index (χ4n) is 1.95. The van der Waals surface area contributed by atoms with E-state index in [0.717, 1.165) is 0 Å². The molecule has 3 aromatic rings. The number of aromatic carboxylic acids is 1. The molecule has 10 nitrogen and oxygen atoms in total. The van der Waals surface area contributed by atoms with Gasteiger partial charge in [0.2, 0.25) is 0 Å². The standard InChI is InChI=1S/C15H12N6O4/c16-13(12-14(17)21-25-20-12)19-18-7-10-4-5-11(24-10)8-2-1-3-9(6-8)15(22)23/h1-7H,(H2,16,19)(H2,17,21)(H,22,23)/p-1/b18-7-. The minimum Gasteiger partial charge on any atom is -0.545 e. The van der Waals surface area contributed by atoms with Crippen LogP contribution in [-0.2, 0) is 0 Å². The lowest BCUT2D eigenvalue weighted by Gasteiger charge is -2.03. The van der Waals surface area contributed by atoms with E-state index in [4.69, 9.17) is 15.9 Å². The molecule has 126 valence electrons. The van der Waals surface area contributed by atoms with Gasteiger partial charge in [-0.25, -0.2) is 4.63 Å². The summed E-state index contributed by atoms with van der Waals surface area (Å²) < 4.78 is 9.96. The zero-order valence-corrected chi connectivity index (χ0v) is 12.6. The number of rotatable bonds is 5. The van der Waals surface area contributed by atoms with Crippen LogP contribution in [0.25, 0.3) is 11.3 Å². The summed E-state index contributed by atoms with van der Waals surface area (Å²) >= 11 is 0. The fraction of sp³-hybridized carbons (Fsp3) is 0. The number of benzene rings is 1. The van der Waals surface area contributed by atoms with Crippen LogP contribution in [0, 0.1) is 0 Å². The van der Waals surface area contributed by atoms with Crippen LogP contribution in [0.15, 0.2) is 55.6 Å². The lowest BCUT2D eigenvalue weighted by Crippen LogP contribution is -2.22. The number of carbonyl (C=O) groups is 1. The predicted octanol–water partition coefficient (Wildman–Crippen LogP) is 0.0147. The molecule has 0 atom stereocenters. The first kappa shape index (κ1) is 15.9. The molecule has 10 heteroatoms. The second-order valence-corrected chi connectivity index (χ2v) is 4.80. The zero-order valence-electron chi connectivity index (χ0n) is 12.6. The number of nitrogen functional groups attached to an aromatic ring is 1. The number of nitrogens with two attached hydrogens (primary N) is 2. The lowest BCUT2D eigenvalue weighted by atomic mass is 10.1. The summed E-state index contributed by atoms with van der Waals surface area (Å²) in [5.74, 6) is -0.474. The number of carbonyl (C=O) groups excluding carboxylic acids is 1. The summed E-state index contributed by atoms with van der Waals surface area (Å²) in [5, 5.41) is 25.3. The molecular weight excluding hydrogens is 328 g/mol. The third kappa shape index (κ3) is 3.52. The second-order valence-electron chi connectivity index (χ2n) is 4.80. The molecule has 0 saturated heterocycles. The van der Waals surface area contributed by atoms with E-state index in [0.29, 0.717) is 17.1 Å². The first-order valence-corrected chi connectivity index (χ1v) is 6.91. The Bertz CT molecular complexity index is 972. The van der Waals surface area contributed by atoms with Gasteiger partial charge in [0.25, 0.3) is 0 Å². The number of hydrogen-bond donors (Lipinski definition) is 2. The highest BCUT2D eigenvalue weighted by Crippen LogP contribution is 2.22. The molecule has 0 aliphatic rings. The van der Waals surface area contributed by atoms with Crippen molar-refractivity contribution in [3.63, 3.8) is 0 Å². The van der Waals surface area contributed by atoms with E-state index in [1.807, 2.05) is 0 Å². The Morgan fingerprint density at radius 2 is 2.08 bits per heavy atom. The highest BCUT2D eigenvalue weighted by molar-refractivity contribution is 5.99. The summed E-state index contributed by atoms with van der Waals surface area (Å²) in [5.41, 5.74) is 11.9. The molecule has 0 amide bonds. The SMILES string of the molecule is N/C(=N/N=C\c1ccc(-c2cccc(C(=O)[O-])c2)o1)c1nonc1N. The summed E-state index contributed by atoms with van der Waals surface area (Å²) in [4.78, 5) is 10.9. The highest BCUT2D eigenvalue weighted by atomic mass is 16.6. The Morgan fingerprint density at radius 3 is 2.80 bits per heavy atom. The van der Waals surface area contributed by atoms with Crippen molar-refractivity contribution in [2.45, 2.75) is 0 Å². The van der Waals surface area contributed by atoms with Crippen LogP contribution >= 0.6 is 0 Å². The molecule has 2 aromatic heterocycles. The van der Waals surface area contributed by atoms with Crippen molar-refractivity contribution >= 4 is 23.8 Å². The Hall–Kier alpha value is -3.95. The first-order chi connectivity index (χ1) is 12.0. The number of hydrogen-bond acceptors (Lipinski definition) is 9. The van der Waals surface area contributed by atoms with Crippen molar-refractivity contribution in [3.8, 4) is 11.3 Å². The van der Waals surface area contributed by atoms with Gasteiger partial charge in [-0.2, -0.15) is 5.10 Å². The van der Waals surface area contributed by atoms with Crippen molar-refractivity contribution < 1.29 is 18.9 Å². The maximum Gasteiger partial charge on any atom is 0.199 e. The Balaban J connectivity index is 1.77. The van der Waals surface area contributed by atoms with Crippen molar-refractivity contribution in [2.75, 3.05) is 5.73 Å². The molecule has 0 aliphatic heterocycles. The molecule has 3 rings (SSSR count). The molecule has 1 aromatic carbocycles. The van der Waals surface area contributed by atoms with E-state index in [1.54, 1.807) is 24.3 Å². The highest BCUT2D eigenvalue weighted by Gasteiger charge is 2.10. The quantitative estimate of drug-likeness (QED) is 0.372. The molecule has 0 bridgehead atoms. The Kier molecular flexibility index (Phi) is 4.24. The minimum atomic E-state index is -1.26. The molecule has 2 heterocycles. The van der Waals surface area contributed by atoms with Gasteiger partial charge in [-0.3, -0.25) is 0 Å². The van der Waals surface area contributed by atoms with E-state index in [-0.39, 0.29) is 22.9 Å². The van der Waals surface area contributed by atoms with E-state index in [1.165, 1.54) is 18.3 Å². The van der Waals surface area contributed by atoms with Crippen LogP contribution in [0.4, 0.5) is 5.82 Å². The molecule has 0 fully saturated rings. The van der Waals surface area contributed by atoms with Crippen molar-refractivity contribution in [1.29, 1.82) is 0 Å². The second kappa shape index (κ2) is 6.66. The van der Waals surface area contributed by atoms with E-state index < -0.39 is 5.97 Å². The Labute approximate surface area is 140 Å². The van der Waals surface area contributed by atoms with Gasteiger partial charge in [-0.15, -0.1) is 5.10 Å². The Morgan fingerprint density at radius 1 is 1.24 bits per heavy atom. The number of carboxylic acids is 1. The van der Waals surface area contributed by atoms with Crippen molar-refractivity contribution in [1.82, 2.24) is 10.3 Å². The van der Waals surface area contributed by atoms with Crippen molar-refractivity contribution in [3.05, 3.63) is 53.4 Å². The zero-order chi connectivity index (χ0) is 17.8. The number of furan rings is 1. The molecule has 4 N–H and O–H groups in total. The minimum absolute atomic E-state index is 0.00420. The average molecular weight is 339 g/mol. The van der Waals surface area contributed by atoms with E-state index >= 15 is 0 Å². The molecule has 0 aliphatic carbocycles. The largest absolute Gasteiger partial charge is 0.545 e. The van der Waals surface area contributed by atoms with E-state index in [9.17, 15) is 9.90 Å². The molecule has 0 radical (unpaired) electrons. The van der Waals surface area contributed by atoms with Crippen molar-refractivity contribution in [2.24, 2.45) is 15.9 Å². The number of carboxylic acid groups (broad SMARTS) is 1. The third-order valence-electron chi connectivity index (χ3n) is 3.12. The summed E-state index contributed by atoms with van der Waals surface area (Å²) in [6, 6.07) is 9.50. The number of aromatic nitrogens is 2. The third-order valence-corrected chi connectivity index (χ3v) is 3.12. The number of amidine groups is 1. The summed E-state index contributed by atoms with van der Waals surface area (Å²) in [7, 11) is 0. The normalized spacial score (nSPS) is 11.9. The fourth-order valence-corrected chi connectivity index (χ4v) is 1.95. The van der Waals surface area contributed by atoms with Gasteiger partial charge in [-0.1, -0.05) is 18.2 Å². The maximum atomic E-state index is 10.9. The lowest BCUT2D eigenvalue weighted by molar-refractivity contribution is -0.255. The predicted molar refractivity (Wildman–Crippen MR) is 85.5 cm³/mol. The molecule has 0 saturated carbocycles. The van der Waals surface area contributed by atoms with E-state index in [2.05, 4.69) is 25.1 Å². The first-order valence-electron chi connectivity index (χ1n) is 6.91. The monoisotopic (exact) mass is 339 g/mol. The summed E-state index contributed by atoms with van der Waals surface area (Å²) in [6.07, 6.45) is 1.32. The topological polar surface area (TPSA) is 169 Å². The van der Waals surface area contributed by atoms with Gasteiger partial charge in [-0.05, 0) is 34.1 Å². The smallest absolute Gasteiger partial charge is 0.199 e. The summed E-state index contributed by atoms with van der Waals surface area (Å²) in [6.45, 7) is 0. The number of anilines is 1. The van der Waals surface area contributed by atoms with Gasteiger partial charge in [0, 0.05) is 5.56 Å². The average Bonchev–Trinajstić information content (AvgIpc) is 3.24. The van der Waals surface area contributed by atoms with Crippen LogP contribution in [-0.4, -0.2) is 28.3 Å². The van der Waals surface area contributed by atoms with Crippen LogP contribution < -0.4 is 16.6 Å². The number of nitrogens with zero attached hydrogens (tertiary/aromatic N) is 4. The van der Waals surface area contributed by atoms with Gasteiger partial charge < -0.3 is 25.8 Å². The molecule has 0 spiro atoms. The van der Waals surface area contributed by atoms with Gasteiger partial charge in [0.15, 0.2) is 17.3 Å². The van der Waals surface area contributed by atoms with Crippen LogP contribution in [0.3, 0.4) is 0 Å². The van der Waals surface area contributed by atoms with Gasteiger partial charge >= 0.3 is 0 Å². The molecule has 0 unspecified atom stereocenters. The van der Waals surface area contributed by atoms with Crippen LogP contribution in [0.1, 0.15) is 21.8 Å². The van der Waals surface area contributed by atoms with Crippen LogP contribution in [0.5, 0.6) is 0 Å². The molecule has 25 heavy (non-hydrogen) atoms. The maximum absolute atomic E-state index is 10.9.